The van der Waals surface area contributed by atoms with Crippen molar-refractivity contribution in [3.63, 3.8) is 0 Å². The number of carbonyl (C=O) groups excluding carboxylic acids is 1. The lowest BCUT2D eigenvalue weighted by atomic mass is 9.82. The van der Waals surface area contributed by atoms with Crippen LogP contribution in [0.2, 0.25) is 0 Å². The molecule has 3 aromatic rings. The molecule has 7 nitrogen and oxygen atoms in total. The van der Waals surface area contributed by atoms with Gasteiger partial charge in [-0.3, -0.25) is 4.90 Å². The van der Waals surface area contributed by atoms with Gasteiger partial charge in [-0.2, -0.15) is 5.10 Å². The maximum atomic E-state index is 12.8. The predicted molar refractivity (Wildman–Crippen MR) is 146 cm³/mol. The Kier molecular flexibility index (Phi) is 6.89. The van der Waals surface area contributed by atoms with Gasteiger partial charge in [0, 0.05) is 38.1 Å². The fourth-order valence-electron chi connectivity index (χ4n) is 6.42. The number of ether oxygens (including phenoxy) is 1. The van der Waals surface area contributed by atoms with Crippen molar-refractivity contribution >= 4 is 22.7 Å². The summed E-state index contributed by atoms with van der Waals surface area (Å²) < 4.78 is 7.33. The number of nitrogens with zero attached hydrogens (tertiary/aromatic N) is 5. The minimum atomic E-state index is -0.375. The van der Waals surface area contributed by atoms with Crippen molar-refractivity contribution < 1.29 is 9.53 Å². The molecular formula is C30H39N5O2. The van der Waals surface area contributed by atoms with E-state index in [-0.39, 0.29) is 5.97 Å². The van der Waals surface area contributed by atoms with E-state index in [1.165, 1.54) is 62.3 Å². The molecule has 3 fully saturated rings. The fourth-order valence-corrected chi connectivity index (χ4v) is 6.42. The van der Waals surface area contributed by atoms with Crippen LogP contribution in [-0.4, -0.2) is 58.4 Å². The average molecular weight is 502 g/mol. The second kappa shape index (κ2) is 10.4. The van der Waals surface area contributed by atoms with Crippen LogP contribution in [0, 0.1) is 0 Å². The van der Waals surface area contributed by atoms with Crippen molar-refractivity contribution in [1.82, 2.24) is 19.7 Å². The molecule has 3 heterocycles. The Bertz CT molecular complexity index is 1250. The summed E-state index contributed by atoms with van der Waals surface area (Å²) in [6, 6.07) is 13.4. The highest BCUT2D eigenvalue weighted by Crippen LogP contribution is 2.44. The number of fused-ring (bicyclic) bond motifs is 1. The van der Waals surface area contributed by atoms with E-state index in [1.54, 1.807) is 0 Å². The van der Waals surface area contributed by atoms with Gasteiger partial charge in [0.1, 0.15) is 0 Å². The van der Waals surface area contributed by atoms with Crippen LogP contribution in [0.25, 0.3) is 11.0 Å². The number of hydrogen-bond acceptors (Lipinski definition) is 6. The van der Waals surface area contributed by atoms with Crippen LogP contribution in [0.1, 0.15) is 92.0 Å². The molecule has 2 aliphatic carbocycles. The summed E-state index contributed by atoms with van der Waals surface area (Å²) in [4.78, 5) is 22.7. The summed E-state index contributed by atoms with van der Waals surface area (Å²) in [7, 11) is 1.44. The third kappa shape index (κ3) is 4.74. The molecular weight excluding hydrogens is 462 g/mol. The molecule has 2 saturated carbocycles. The number of hydrogen-bond donors (Lipinski definition) is 0. The molecule has 1 atom stereocenters. The van der Waals surface area contributed by atoms with Crippen molar-refractivity contribution in [1.29, 1.82) is 0 Å². The summed E-state index contributed by atoms with van der Waals surface area (Å²) in [6.07, 6.45) is 9.67. The van der Waals surface area contributed by atoms with Crippen LogP contribution in [0.15, 0.2) is 36.4 Å². The number of anilines is 1. The summed E-state index contributed by atoms with van der Waals surface area (Å²) in [5, 5.41) is 6.44. The number of rotatable bonds is 6. The Morgan fingerprint density at radius 3 is 2.49 bits per heavy atom. The van der Waals surface area contributed by atoms with Crippen molar-refractivity contribution in [2.45, 2.75) is 82.8 Å². The molecule has 0 bridgehead atoms. The lowest BCUT2D eigenvalue weighted by molar-refractivity contribution is 0.0594. The molecule has 1 aliphatic heterocycles. The largest absolute Gasteiger partial charge is 0.464 e. The summed E-state index contributed by atoms with van der Waals surface area (Å²) >= 11 is 0. The van der Waals surface area contributed by atoms with Gasteiger partial charge in [0.25, 0.3) is 0 Å². The second-order valence-electron chi connectivity index (χ2n) is 11.2. The van der Waals surface area contributed by atoms with Crippen LogP contribution >= 0.6 is 0 Å². The Morgan fingerprint density at radius 2 is 1.81 bits per heavy atom. The number of benzene rings is 1. The van der Waals surface area contributed by atoms with Gasteiger partial charge in [-0.15, -0.1) is 0 Å². The zero-order chi connectivity index (χ0) is 25.4. The van der Waals surface area contributed by atoms with Crippen LogP contribution in [-0.2, 0) is 11.3 Å². The second-order valence-corrected chi connectivity index (χ2v) is 11.2. The Balaban J connectivity index is 1.39. The van der Waals surface area contributed by atoms with Crippen LogP contribution in [0.3, 0.4) is 0 Å². The normalized spacial score (nSPS) is 21.8. The minimum absolute atomic E-state index is 0.361. The molecule has 0 unspecified atom stereocenters. The highest BCUT2D eigenvalue weighted by molar-refractivity contribution is 5.98. The van der Waals surface area contributed by atoms with Gasteiger partial charge in [0.15, 0.2) is 11.3 Å². The number of pyridine rings is 1. The lowest BCUT2D eigenvalue weighted by Gasteiger charge is -2.41. The summed E-state index contributed by atoms with van der Waals surface area (Å²) in [5.41, 5.74) is 4.93. The van der Waals surface area contributed by atoms with E-state index < -0.39 is 0 Å². The Morgan fingerprint density at radius 1 is 1.03 bits per heavy atom. The molecule has 7 heteroatoms. The van der Waals surface area contributed by atoms with E-state index in [4.69, 9.17) is 14.8 Å². The zero-order valence-electron chi connectivity index (χ0n) is 22.2. The molecule has 3 aliphatic rings. The molecule has 0 N–H and O–H groups in total. The highest BCUT2D eigenvalue weighted by Gasteiger charge is 2.33. The van der Waals surface area contributed by atoms with Crippen LogP contribution in [0.4, 0.5) is 5.69 Å². The number of carbonyl (C=O) groups is 1. The average Bonchev–Trinajstić information content (AvgIpc) is 3.28. The molecule has 37 heavy (non-hydrogen) atoms. The highest BCUT2D eigenvalue weighted by atomic mass is 16.5. The molecule has 2 aromatic heterocycles. The van der Waals surface area contributed by atoms with Gasteiger partial charge < -0.3 is 9.64 Å². The van der Waals surface area contributed by atoms with E-state index in [0.717, 1.165) is 50.4 Å². The first-order valence-corrected chi connectivity index (χ1v) is 14.2. The fraction of sp³-hybridized carbons (Fsp3) is 0.567. The Hall–Kier alpha value is -2.93. The van der Waals surface area contributed by atoms with E-state index in [0.29, 0.717) is 23.7 Å². The van der Waals surface area contributed by atoms with Gasteiger partial charge in [0.2, 0.25) is 0 Å². The monoisotopic (exact) mass is 501 g/mol. The van der Waals surface area contributed by atoms with Crippen molar-refractivity contribution in [2.24, 2.45) is 0 Å². The van der Waals surface area contributed by atoms with Crippen molar-refractivity contribution in [2.75, 3.05) is 31.6 Å². The van der Waals surface area contributed by atoms with E-state index in [9.17, 15) is 4.79 Å². The first-order chi connectivity index (χ1) is 18.1. The van der Waals surface area contributed by atoms with E-state index >= 15 is 0 Å². The van der Waals surface area contributed by atoms with Gasteiger partial charge >= 0.3 is 5.97 Å². The predicted octanol–water partition coefficient (Wildman–Crippen LogP) is 5.70. The molecule has 0 spiro atoms. The van der Waals surface area contributed by atoms with Gasteiger partial charge in [-0.05, 0) is 44.2 Å². The molecule has 0 amide bonds. The SMILES string of the molecule is COC(=O)c1cc(N2CCN(Cc3ccccc3)[C@@H](C)C2)c2c(C3CCC3)nn(C3CCCCC3)c2n1. The molecule has 196 valence electrons. The lowest BCUT2D eigenvalue weighted by Crippen LogP contribution is -2.51. The first-order valence-electron chi connectivity index (χ1n) is 14.2. The zero-order valence-corrected chi connectivity index (χ0v) is 22.2. The Labute approximate surface area is 219 Å². The number of methoxy groups -OCH3 is 1. The standard InChI is InChI=1S/C30H39N5O2/c1-21-19-34(17-16-33(21)20-22-10-5-3-6-11-22)26-18-25(30(36)37-2)31-29-27(26)28(23-12-9-13-23)32-35(29)24-14-7-4-8-15-24/h3,5-6,10-11,18,21,23-24H,4,7-9,12-17,19-20H2,1-2H3/t21-/m0/s1. The topological polar surface area (TPSA) is 63.5 Å². The number of aromatic nitrogens is 3. The smallest absolute Gasteiger partial charge is 0.356 e. The quantitative estimate of drug-likeness (QED) is 0.404. The molecule has 0 radical (unpaired) electrons. The van der Waals surface area contributed by atoms with Crippen LogP contribution in [0.5, 0.6) is 0 Å². The molecule has 6 rings (SSSR count). The van der Waals surface area contributed by atoms with Gasteiger partial charge in [0.05, 0.1) is 29.9 Å². The van der Waals surface area contributed by atoms with E-state index in [2.05, 4.69) is 51.7 Å². The molecule has 1 saturated heterocycles. The summed E-state index contributed by atoms with van der Waals surface area (Å²) in [6.45, 7) is 6.07. The van der Waals surface area contributed by atoms with Crippen molar-refractivity contribution in [3.8, 4) is 0 Å². The number of esters is 1. The van der Waals surface area contributed by atoms with Crippen LogP contribution < -0.4 is 4.90 Å². The summed E-state index contributed by atoms with van der Waals surface area (Å²) in [5.74, 6) is 0.120. The number of piperazine rings is 1. The maximum absolute atomic E-state index is 12.8. The third-order valence-electron chi connectivity index (χ3n) is 8.81. The van der Waals surface area contributed by atoms with Gasteiger partial charge in [-0.25, -0.2) is 14.5 Å². The maximum Gasteiger partial charge on any atom is 0.356 e. The molecule has 1 aromatic carbocycles. The van der Waals surface area contributed by atoms with Gasteiger partial charge in [-0.1, -0.05) is 56.0 Å². The third-order valence-corrected chi connectivity index (χ3v) is 8.81. The first kappa shape index (κ1) is 24.4. The van der Waals surface area contributed by atoms with E-state index in [1.807, 2.05) is 6.07 Å². The van der Waals surface area contributed by atoms with Crippen molar-refractivity contribution in [3.05, 3.63) is 53.3 Å². The minimum Gasteiger partial charge on any atom is -0.464 e.